The largest absolute Gasteiger partial charge is 0.492 e. The maximum atomic E-state index is 5.81. The monoisotopic (exact) mass is 242 g/mol. The molecule has 94 valence electrons. The van der Waals surface area contributed by atoms with E-state index in [1.165, 1.54) is 30.4 Å². The smallest absolute Gasteiger partial charge is 0.119 e. The molecule has 0 N–H and O–H groups in total. The fourth-order valence-electron chi connectivity index (χ4n) is 2.54. The Morgan fingerprint density at radius 3 is 3.00 bits per heavy atom. The highest BCUT2D eigenvalue weighted by Gasteiger charge is 2.11. The molecular formula is C15H18N2O. The number of aryl methyl sites for hydroxylation is 3. The molecule has 0 saturated heterocycles. The lowest BCUT2D eigenvalue weighted by Crippen LogP contribution is -2.08. The van der Waals surface area contributed by atoms with Crippen molar-refractivity contribution in [2.75, 3.05) is 6.61 Å². The molecule has 2 aromatic rings. The lowest BCUT2D eigenvalue weighted by molar-refractivity contribution is 0.297. The minimum atomic E-state index is 0.690. The average Bonchev–Trinajstić information content (AvgIpc) is 2.98. The molecular weight excluding hydrogens is 224 g/mol. The Hall–Kier alpha value is -1.77. The van der Waals surface area contributed by atoms with Crippen LogP contribution in [0.15, 0.2) is 30.6 Å². The first-order chi connectivity index (χ1) is 8.83. The van der Waals surface area contributed by atoms with Crippen molar-refractivity contribution >= 4 is 0 Å². The average molecular weight is 242 g/mol. The highest BCUT2D eigenvalue weighted by molar-refractivity contribution is 5.38. The van der Waals surface area contributed by atoms with E-state index in [1.807, 2.05) is 19.3 Å². The van der Waals surface area contributed by atoms with E-state index in [1.54, 1.807) is 0 Å². The van der Waals surface area contributed by atoms with Crippen molar-refractivity contribution in [2.45, 2.75) is 32.7 Å². The van der Waals surface area contributed by atoms with Crippen molar-refractivity contribution in [3.8, 4) is 5.75 Å². The molecule has 3 heteroatoms. The van der Waals surface area contributed by atoms with Crippen LogP contribution in [0.25, 0.3) is 0 Å². The Morgan fingerprint density at radius 1 is 1.28 bits per heavy atom. The molecule has 0 radical (unpaired) electrons. The van der Waals surface area contributed by atoms with Crippen LogP contribution in [0.4, 0.5) is 0 Å². The van der Waals surface area contributed by atoms with Gasteiger partial charge >= 0.3 is 0 Å². The summed E-state index contributed by atoms with van der Waals surface area (Å²) in [7, 11) is 0. The molecule has 1 heterocycles. The van der Waals surface area contributed by atoms with Crippen LogP contribution >= 0.6 is 0 Å². The van der Waals surface area contributed by atoms with Gasteiger partial charge in [0.15, 0.2) is 0 Å². The lowest BCUT2D eigenvalue weighted by Gasteiger charge is -2.09. The van der Waals surface area contributed by atoms with Crippen molar-refractivity contribution in [1.82, 2.24) is 9.55 Å². The molecule has 0 spiro atoms. The molecule has 3 rings (SSSR count). The van der Waals surface area contributed by atoms with Crippen LogP contribution in [0.5, 0.6) is 5.75 Å². The molecule has 1 aromatic heterocycles. The number of benzene rings is 1. The zero-order valence-corrected chi connectivity index (χ0v) is 10.7. The molecule has 0 unspecified atom stereocenters. The second-order valence-corrected chi connectivity index (χ2v) is 4.80. The molecule has 1 aliphatic carbocycles. The third-order valence-electron chi connectivity index (χ3n) is 3.59. The Labute approximate surface area is 107 Å². The molecule has 0 bridgehead atoms. The predicted octanol–water partition coefficient (Wildman–Crippen LogP) is 2.76. The van der Waals surface area contributed by atoms with Gasteiger partial charge in [0.25, 0.3) is 0 Å². The number of nitrogens with zero attached hydrogens (tertiary/aromatic N) is 2. The maximum Gasteiger partial charge on any atom is 0.119 e. The second-order valence-electron chi connectivity index (χ2n) is 4.80. The third kappa shape index (κ3) is 2.26. The Morgan fingerprint density at radius 2 is 2.17 bits per heavy atom. The van der Waals surface area contributed by atoms with Crippen LogP contribution in [0, 0.1) is 6.92 Å². The van der Waals surface area contributed by atoms with E-state index < -0.39 is 0 Å². The molecule has 1 aromatic carbocycles. The van der Waals surface area contributed by atoms with Crippen molar-refractivity contribution in [1.29, 1.82) is 0 Å². The number of aromatic nitrogens is 2. The Balaban J connectivity index is 1.59. The third-order valence-corrected chi connectivity index (χ3v) is 3.59. The van der Waals surface area contributed by atoms with Gasteiger partial charge in [-0.25, -0.2) is 4.98 Å². The molecule has 0 atom stereocenters. The van der Waals surface area contributed by atoms with Gasteiger partial charge in [0.05, 0.1) is 6.54 Å². The number of imidazole rings is 1. The van der Waals surface area contributed by atoms with Gasteiger partial charge in [-0.15, -0.1) is 0 Å². The molecule has 3 nitrogen and oxygen atoms in total. The van der Waals surface area contributed by atoms with E-state index >= 15 is 0 Å². The molecule has 0 aliphatic heterocycles. The predicted molar refractivity (Wildman–Crippen MR) is 70.9 cm³/mol. The Bertz CT molecular complexity index is 545. The SMILES string of the molecule is Cc1nccn1CCOc1ccc2c(c1)CCC2. The highest BCUT2D eigenvalue weighted by Crippen LogP contribution is 2.25. The second kappa shape index (κ2) is 4.84. The summed E-state index contributed by atoms with van der Waals surface area (Å²) in [6.45, 7) is 3.55. The minimum absolute atomic E-state index is 0.690. The summed E-state index contributed by atoms with van der Waals surface area (Å²) < 4.78 is 7.92. The van der Waals surface area contributed by atoms with E-state index in [9.17, 15) is 0 Å². The van der Waals surface area contributed by atoms with Gasteiger partial charge in [-0.2, -0.15) is 0 Å². The Kier molecular flexibility index (Phi) is 3.05. The van der Waals surface area contributed by atoms with E-state index in [4.69, 9.17) is 4.74 Å². The molecule has 0 saturated carbocycles. The van der Waals surface area contributed by atoms with Crippen LogP contribution in [-0.2, 0) is 19.4 Å². The number of hydrogen-bond donors (Lipinski definition) is 0. The number of rotatable bonds is 4. The van der Waals surface area contributed by atoms with Gasteiger partial charge in [-0.05, 0) is 49.4 Å². The topological polar surface area (TPSA) is 27.1 Å². The molecule has 1 aliphatic rings. The summed E-state index contributed by atoms with van der Waals surface area (Å²) in [5, 5.41) is 0. The standard InChI is InChI=1S/C15H18N2O/c1-12-16-7-8-17(12)9-10-18-15-6-5-13-3-2-4-14(13)11-15/h5-8,11H,2-4,9-10H2,1H3. The van der Waals surface area contributed by atoms with Crippen LogP contribution in [0.3, 0.4) is 0 Å². The number of fused-ring (bicyclic) bond motifs is 1. The van der Waals surface area contributed by atoms with E-state index in [2.05, 4.69) is 27.8 Å². The number of ether oxygens (including phenoxy) is 1. The zero-order valence-electron chi connectivity index (χ0n) is 10.7. The summed E-state index contributed by atoms with van der Waals surface area (Å²) >= 11 is 0. The molecule has 0 fully saturated rings. The van der Waals surface area contributed by atoms with Crippen LogP contribution in [0.2, 0.25) is 0 Å². The summed E-state index contributed by atoms with van der Waals surface area (Å²) in [5.41, 5.74) is 2.96. The summed E-state index contributed by atoms with van der Waals surface area (Å²) in [6, 6.07) is 6.49. The van der Waals surface area contributed by atoms with Gasteiger partial charge in [0.2, 0.25) is 0 Å². The minimum Gasteiger partial charge on any atom is -0.492 e. The summed E-state index contributed by atoms with van der Waals surface area (Å²) in [4.78, 5) is 4.20. The fourth-order valence-corrected chi connectivity index (χ4v) is 2.54. The van der Waals surface area contributed by atoms with E-state index in [0.717, 1.165) is 18.1 Å². The van der Waals surface area contributed by atoms with Gasteiger partial charge in [0.1, 0.15) is 18.2 Å². The fraction of sp³-hybridized carbons (Fsp3) is 0.400. The van der Waals surface area contributed by atoms with Crippen LogP contribution in [-0.4, -0.2) is 16.2 Å². The van der Waals surface area contributed by atoms with Crippen molar-refractivity contribution < 1.29 is 4.74 Å². The first-order valence-corrected chi connectivity index (χ1v) is 6.55. The first kappa shape index (κ1) is 11.3. The summed E-state index contributed by atoms with van der Waals surface area (Å²) in [5.74, 6) is 2.03. The van der Waals surface area contributed by atoms with Crippen LogP contribution in [0.1, 0.15) is 23.4 Å². The van der Waals surface area contributed by atoms with Gasteiger partial charge in [-0.3, -0.25) is 0 Å². The quantitative estimate of drug-likeness (QED) is 0.824. The van der Waals surface area contributed by atoms with Gasteiger partial charge in [0, 0.05) is 12.4 Å². The molecule has 18 heavy (non-hydrogen) atoms. The van der Waals surface area contributed by atoms with E-state index in [-0.39, 0.29) is 0 Å². The molecule has 0 amide bonds. The van der Waals surface area contributed by atoms with Crippen molar-refractivity contribution in [2.24, 2.45) is 0 Å². The summed E-state index contributed by atoms with van der Waals surface area (Å²) in [6.07, 6.45) is 7.52. The lowest BCUT2D eigenvalue weighted by atomic mass is 10.1. The van der Waals surface area contributed by atoms with Gasteiger partial charge in [-0.1, -0.05) is 6.07 Å². The van der Waals surface area contributed by atoms with Gasteiger partial charge < -0.3 is 9.30 Å². The van der Waals surface area contributed by atoms with E-state index in [0.29, 0.717) is 6.61 Å². The highest BCUT2D eigenvalue weighted by atomic mass is 16.5. The van der Waals surface area contributed by atoms with Crippen molar-refractivity contribution in [3.63, 3.8) is 0 Å². The normalized spacial score (nSPS) is 13.6. The maximum absolute atomic E-state index is 5.81. The number of hydrogen-bond acceptors (Lipinski definition) is 2. The first-order valence-electron chi connectivity index (χ1n) is 6.55. The van der Waals surface area contributed by atoms with Crippen molar-refractivity contribution in [3.05, 3.63) is 47.5 Å². The zero-order chi connectivity index (χ0) is 12.4. The van der Waals surface area contributed by atoms with Crippen LogP contribution < -0.4 is 4.74 Å².